The van der Waals surface area contributed by atoms with Gasteiger partial charge in [0.05, 0.1) is 23.5 Å². The molecule has 0 saturated carbocycles. The zero-order chi connectivity index (χ0) is 25.6. The predicted molar refractivity (Wildman–Crippen MR) is 151 cm³/mol. The molecular weight excluding hydrogens is 490 g/mol. The summed E-state index contributed by atoms with van der Waals surface area (Å²) in [5, 5.41) is 15.3. The van der Waals surface area contributed by atoms with Crippen molar-refractivity contribution in [2.24, 2.45) is 0 Å². The quantitative estimate of drug-likeness (QED) is 0.312. The molecule has 1 aliphatic heterocycles. The van der Waals surface area contributed by atoms with E-state index in [-0.39, 0.29) is 17.8 Å². The van der Waals surface area contributed by atoms with E-state index in [0.29, 0.717) is 15.8 Å². The highest BCUT2D eigenvalue weighted by Gasteiger charge is 2.43. The maximum atomic E-state index is 10.8. The average Bonchev–Trinajstić information content (AvgIpc) is 3.36. The first kappa shape index (κ1) is 24.2. The molecule has 3 heterocycles. The molecule has 0 bridgehead atoms. The Morgan fingerprint density at radius 1 is 1.03 bits per heavy atom. The normalized spacial score (nSPS) is 17.4. The summed E-state index contributed by atoms with van der Waals surface area (Å²) in [4.78, 5) is 8.67. The van der Waals surface area contributed by atoms with Crippen molar-refractivity contribution in [3.8, 4) is 11.4 Å². The molecule has 2 aromatic heterocycles. The first-order chi connectivity index (χ1) is 17.3. The summed E-state index contributed by atoms with van der Waals surface area (Å²) >= 11 is 12.2. The Hall–Kier alpha value is -3.55. The van der Waals surface area contributed by atoms with Crippen molar-refractivity contribution in [1.82, 2.24) is 14.9 Å². The van der Waals surface area contributed by atoms with Crippen LogP contribution in [0.5, 0.6) is 5.75 Å². The van der Waals surface area contributed by atoms with Crippen LogP contribution in [0.1, 0.15) is 34.7 Å². The number of aryl methyl sites for hydroxylation is 1. The number of nitrogens with zero attached hydrogens (tertiary/aromatic N) is 4. The SMILES string of the molecule is Cc1cc([C@@H]2[C@@H](c3ccccn3)NC(=S)N2c2cc(Cl)ccc2O)c(C)n1-c1ccc(N(C)C)cc1. The summed E-state index contributed by atoms with van der Waals surface area (Å²) in [5.74, 6) is 0.114. The number of halogens is 1. The van der Waals surface area contributed by atoms with E-state index in [1.165, 1.54) is 0 Å². The number of rotatable bonds is 5. The van der Waals surface area contributed by atoms with Gasteiger partial charge in [0.15, 0.2) is 5.11 Å². The smallest absolute Gasteiger partial charge is 0.174 e. The molecule has 1 fully saturated rings. The first-order valence-corrected chi connectivity index (χ1v) is 12.5. The van der Waals surface area contributed by atoms with E-state index >= 15 is 0 Å². The Bertz CT molecular complexity index is 1420. The standard InChI is InChI=1S/C28H28ClN5OS/c1-17-15-22(18(2)33(17)21-11-9-20(10-12-21)32(3)4)27-26(23-7-5-6-14-30-23)31-28(36)34(27)24-16-19(29)8-13-25(24)35/h5-16,26-27,35H,1-4H3,(H,31,36)/t26-,27-/m1/s1. The Kier molecular flexibility index (Phi) is 6.36. The Labute approximate surface area is 221 Å². The van der Waals surface area contributed by atoms with Gasteiger partial charge in [-0.05, 0) is 92.3 Å². The second kappa shape index (κ2) is 9.48. The number of aromatic nitrogens is 2. The second-order valence-corrected chi connectivity index (χ2v) is 10.0. The summed E-state index contributed by atoms with van der Waals surface area (Å²) in [6, 6.07) is 21.1. The van der Waals surface area contributed by atoms with E-state index in [2.05, 4.69) is 63.9 Å². The zero-order valence-electron chi connectivity index (χ0n) is 20.6. The summed E-state index contributed by atoms with van der Waals surface area (Å²) in [5.41, 5.74) is 6.94. The molecule has 0 amide bonds. The number of phenols is 1. The molecule has 36 heavy (non-hydrogen) atoms. The molecule has 0 radical (unpaired) electrons. The van der Waals surface area contributed by atoms with E-state index in [4.69, 9.17) is 23.8 Å². The highest BCUT2D eigenvalue weighted by molar-refractivity contribution is 7.80. The second-order valence-electron chi connectivity index (χ2n) is 9.20. The van der Waals surface area contributed by atoms with E-state index in [9.17, 15) is 5.11 Å². The molecule has 6 nitrogen and oxygen atoms in total. The van der Waals surface area contributed by atoms with Gasteiger partial charge in [0.2, 0.25) is 0 Å². The topological polar surface area (TPSA) is 56.6 Å². The van der Waals surface area contributed by atoms with Crippen molar-refractivity contribution in [2.45, 2.75) is 25.9 Å². The van der Waals surface area contributed by atoms with Gasteiger partial charge in [-0.15, -0.1) is 0 Å². The minimum Gasteiger partial charge on any atom is -0.506 e. The lowest BCUT2D eigenvalue weighted by molar-refractivity contribution is 0.472. The van der Waals surface area contributed by atoms with Gasteiger partial charge >= 0.3 is 0 Å². The minimum atomic E-state index is -0.252. The maximum Gasteiger partial charge on any atom is 0.174 e. The van der Waals surface area contributed by atoms with Gasteiger partial charge in [0.25, 0.3) is 0 Å². The summed E-state index contributed by atoms with van der Waals surface area (Å²) < 4.78 is 2.25. The number of hydrogen-bond acceptors (Lipinski definition) is 4. The molecule has 1 saturated heterocycles. The molecule has 0 spiro atoms. The number of pyridine rings is 1. The van der Waals surface area contributed by atoms with Crippen LogP contribution in [0.3, 0.4) is 0 Å². The number of thiocarbonyl (C=S) groups is 1. The highest BCUT2D eigenvalue weighted by atomic mass is 35.5. The lowest BCUT2D eigenvalue weighted by Crippen LogP contribution is -2.29. The van der Waals surface area contributed by atoms with Crippen LogP contribution in [0.15, 0.2) is 72.9 Å². The lowest BCUT2D eigenvalue weighted by Gasteiger charge is -2.28. The van der Waals surface area contributed by atoms with Crippen LogP contribution in [0.4, 0.5) is 11.4 Å². The Morgan fingerprint density at radius 3 is 2.44 bits per heavy atom. The van der Waals surface area contributed by atoms with E-state index in [1.807, 2.05) is 37.2 Å². The largest absolute Gasteiger partial charge is 0.506 e. The van der Waals surface area contributed by atoms with Gasteiger partial charge in [-0.3, -0.25) is 4.98 Å². The number of nitrogens with one attached hydrogen (secondary N) is 1. The van der Waals surface area contributed by atoms with Crippen molar-refractivity contribution in [3.05, 3.63) is 101 Å². The van der Waals surface area contributed by atoms with E-state index in [1.54, 1.807) is 24.4 Å². The lowest BCUT2D eigenvalue weighted by atomic mass is 9.96. The number of anilines is 2. The monoisotopic (exact) mass is 517 g/mol. The van der Waals surface area contributed by atoms with Crippen LogP contribution < -0.4 is 15.1 Å². The van der Waals surface area contributed by atoms with Gasteiger partial charge in [-0.25, -0.2) is 0 Å². The van der Waals surface area contributed by atoms with Crippen molar-refractivity contribution < 1.29 is 5.11 Å². The third-order valence-corrected chi connectivity index (χ3v) is 7.26. The van der Waals surface area contributed by atoms with E-state index < -0.39 is 0 Å². The summed E-state index contributed by atoms with van der Waals surface area (Å²) in [7, 11) is 4.07. The zero-order valence-corrected chi connectivity index (χ0v) is 22.2. The van der Waals surface area contributed by atoms with Crippen LogP contribution >= 0.6 is 23.8 Å². The fourth-order valence-corrected chi connectivity index (χ4v) is 5.51. The molecule has 0 unspecified atom stereocenters. The molecule has 2 N–H and O–H groups in total. The third-order valence-electron chi connectivity index (χ3n) is 6.71. The summed E-state index contributed by atoms with van der Waals surface area (Å²) in [6.07, 6.45) is 1.78. The molecule has 2 atom stereocenters. The van der Waals surface area contributed by atoms with Crippen molar-refractivity contribution in [3.63, 3.8) is 0 Å². The van der Waals surface area contributed by atoms with Crippen molar-refractivity contribution in [1.29, 1.82) is 0 Å². The molecule has 1 aliphatic rings. The van der Waals surface area contributed by atoms with Crippen molar-refractivity contribution >= 4 is 40.3 Å². The van der Waals surface area contributed by atoms with Gasteiger partial charge in [-0.2, -0.15) is 0 Å². The van der Waals surface area contributed by atoms with Gasteiger partial charge < -0.3 is 24.8 Å². The van der Waals surface area contributed by atoms with E-state index in [0.717, 1.165) is 34.0 Å². The summed E-state index contributed by atoms with van der Waals surface area (Å²) in [6.45, 7) is 4.23. The van der Waals surface area contributed by atoms with Crippen LogP contribution in [-0.4, -0.2) is 33.9 Å². The molecule has 4 aromatic rings. The first-order valence-electron chi connectivity index (χ1n) is 11.7. The average molecular weight is 518 g/mol. The Balaban J connectivity index is 1.67. The minimum absolute atomic E-state index is 0.114. The fourth-order valence-electron chi connectivity index (χ4n) is 5.00. The van der Waals surface area contributed by atoms with Crippen LogP contribution in [-0.2, 0) is 0 Å². The maximum absolute atomic E-state index is 10.8. The molecular formula is C28H28ClN5OS. The molecule has 184 valence electrons. The number of phenolic OH excluding ortho intramolecular Hbond substituents is 1. The van der Waals surface area contributed by atoms with Gasteiger partial charge in [0.1, 0.15) is 5.75 Å². The van der Waals surface area contributed by atoms with Crippen LogP contribution in [0.25, 0.3) is 5.69 Å². The highest BCUT2D eigenvalue weighted by Crippen LogP contribution is 2.46. The van der Waals surface area contributed by atoms with Crippen molar-refractivity contribution in [2.75, 3.05) is 23.9 Å². The van der Waals surface area contributed by atoms with Gasteiger partial charge in [0, 0.05) is 48.1 Å². The molecule has 8 heteroatoms. The molecule has 0 aliphatic carbocycles. The number of aromatic hydroxyl groups is 1. The molecule has 5 rings (SSSR count). The van der Waals surface area contributed by atoms with Crippen LogP contribution in [0.2, 0.25) is 5.02 Å². The number of hydrogen-bond donors (Lipinski definition) is 2. The molecule has 2 aromatic carbocycles. The third kappa shape index (κ3) is 4.18. The van der Waals surface area contributed by atoms with Gasteiger partial charge in [-0.1, -0.05) is 17.7 Å². The fraction of sp³-hybridized carbons (Fsp3) is 0.214. The predicted octanol–water partition coefficient (Wildman–Crippen LogP) is 6.09. The number of benzene rings is 2. The van der Waals surface area contributed by atoms with Crippen LogP contribution in [0, 0.1) is 13.8 Å². The Morgan fingerprint density at radius 2 is 1.78 bits per heavy atom.